The van der Waals surface area contributed by atoms with Crippen LogP contribution < -0.4 is 10.5 Å². The molecule has 0 aliphatic carbocycles. The predicted molar refractivity (Wildman–Crippen MR) is 75.8 cm³/mol. The van der Waals surface area contributed by atoms with E-state index >= 15 is 0 Å². The lowest BCUT2D eigenvalue weighted by atomic mass is 9.96. The Balaban J connectivity index is 2.45. The van der Waals surface area contributed by atoms with Crippen molar-refractivity contribution in [3.8, 4) is 16.9 Å². The van der Waals surface area contributed by atoms with Gasteiger partial charge in [0.15, 0.2) is 0 Å². The minimum absolute atomic E-state index is 0.0580. The maximum Gasteiger partial charge on any atom is 0.118 e. The molecule has 0 aliphatic heterocycles. The number of benzene rings is 2. The van der Waals surface area contributed by atoms with Gasteiger partial charge in [-0.15, -0.1) is 0 Å². The highest BCUT2D eigenvalue weighted by atomic mass is 16.5. The maximum atomic E-state index is 5.94. The van der Waals surface area contributed by atoms with Gasteiger partial charge < -0.3 is 10.5 Å². The Morgan fingerprint density at radius 3 is 2.28 bits per heavy atom. The van der Waals surface area contributed by atoms with Gasteiger partial charge in [0.25, 0.3) is 0 Å². The Labute approximate surface area is 108 Å². The number of nitrogens with two attached hydrogens (primary N) is 1. The van der Waals surface area contributed by atoms with Crippen LogP contribution in [0.4, 0.5) is 0 Å². The van der Waals surface area contributed by atoms with Crippen molar-refractivity contribution < 1.29 is 4.74 Å². The van der Waals surface area contributed by atoms with Crippen LogP contribution in [0.3, 0.4) is 0 Å². The first kappa shape index (κ1) is 12.7. The van der Waals surface area contributed by atoms with E-state index in [2.05, 4.69) is 37.3 Å². The zero-order chi connectivity index (χ0) is 13.1. The quantitative estimate of drug-likeness (QED) is 0.889. The van der Waals surface area contributed by atoms with Gasteiger partial charge in [-0.3, -0.25) is 0 Å². The van der Waals surface area contributed by atoms with Crippen molar-refractivity contribution in [1.29, 1.82) is 0 Å². The second-order valence-corrected chi connectivity index (χ2v) is 4.59. The number of hydrogen-bond acceptors (Lipinski definition) is 2. The molecule has 2 heteroatoms. The molecule has 0 saturated carbocycles. The molecule has 0 radical (unpaired) electrons. The van der Waals surface area contributed by atoms with Crippen LogP contribution in [0.5, 0.6) is 5.75 Å². The first-order valence-electron chi connectivity index (χ1n) is 6.12. The molecule has 18 heavy (non-hydrogen) atoms. The molecule has 0 bridgehead atoms. The molecule has 0 spiro atoms. The number of ether oxygens (including phenoxy) is 1. The summed E-state index contributed by atoms with van der Waals surface area (Å²) in [5.41, 5.74) is 10.8. The second kappa shape index (κ2) is 5.23. The van der Waals surface area contributed by atoms with Crippen LogP contribution in [0.2, 0.25) is 0 Å². The Kier molecular flexibility index (Phi) is 3.68. The second-order valence-electron chi connectivity index (χ2n) is 4.59. The van der Waals surface area contributed by atoms with E-state index in [0.717, 1.165) is 11.3 Å². The molecule has 1 atom stereocenters. The molecule has 0 fully saturated rings. The van der Waals surface area contributed by atoms with Crippen molar-refractivity contribution in [3.05, 3.63) is 53.6 Å². The van der Waals surface area contributed by atoms with Crippen molar-refractivity contribution in [2.24, 2.45) is 5.73 Å². The van der Waals surface area contributed by atoms with Crippen molar-refractivity contribution >= 4 is 0 Å². The van der Waals surface area contributed by atoms with Crippen LogP contribution in [0, 0.1) is 6.92 Å². The van der Waals surface area contributed by atoms with E-state index in [9.17, 15) is 0 Å². The summed E-state index contributed by atoms with van der Waals surface area (Å²) < 4.78 is 5.18. The summed E-state index contributed by atoms with van der Waals surface area (Å²) in [6, 6.07) is 14.6. The molecule has 2 nitrogen and oxygen atoms in total. The summed E-state index contributed by atoms with van der Waals surface area (Å²) in [5.74, 6) is 0.875. The minimum atomic E-state index is 0.0580. The molecule has 94 valence electrons. The van der Waals surface area contributed by atoms with Crippen molar-refractivity contribution in [2.45, 2.75) is 19.9 Å². The fraction of sp³-hybridized carbons (Fsp3) is 0.250. The lowest BCUT2D eigenvalue weighted by Gasteiger charge is -2.12. The Morgan fingerprint density at radius 2 is 1.72 bits per heavy atom. The molecule has 0 aliphatic rings. The fourth-order valence-corrected chi connectivity index (χ4v) is 2.00. The summed E-state index contributed by atoms with van der Waals surface area (Å²) >= 11 is 0. The molecule has 2 N–H and O–H groups in total. The average molecular weight is 241 g/mol. The lowest BCUT2D eigenvalue weighted by Crippen LogP contribution is -2.05. The molecular formula is C16H19NO. The monoisotopic (exact) mass is 241 g/mol. The van der Waals surface area contributed by atoms with E-state index in [1.165, 1.54) is 16.7 Å². The van der Waals surface area contributed by atoms with E-state index in [1.54, 1.807) is 7.11 Å². The topological polar surface area (TPSA) is 35.2 Å². The summed E-state index contributed by atoms with van der Waals surface area (Å²) in [4.78, 5) is 0. The number of aryl methyl sites for hydroxylation is 1. The first-order chi connectivity index (χ1) is 8.61. The van der Waals surface area contributed by atoms with Gasteiger partial charge in [0.2, 0.25) is 0 Å². The van der Waals surface area contributed by atoms with E-state index < -0.39 is 0 Å². The van der Waals surface area contributed by atoms with Gasteiger partial charge in [-0.1, -0.05) is 24.3 Å². The molecule has 0 amide bonds. The average Bonchev–Trinajstić information content (AvgIpc) is 2.39. The Morgan fingerprint density at radius 1 is 1.06 bits per heavy atom. The zero-order valence-corrected chi connectivity index (χ0v) is 11.1. The fourth-order valence-electron chi connectivity index (χ4n) is 2.00. The van der Waals surface area contributed by atoms with Gasteiger partial charge in [-0.25, -0.2) is 0 Å². The van der Waals surface area contributed by atoms with Gasteiger partial charge in [0.05, 0.1) is 7.11 Å². The van der Waals surface area contributed by atoms with Gasteiger partial charge in [-0.2, -0.15) is 0 Å². The SMILES string of the molecule is COc1ccc(-c2cc(C(C)N)ccc2C)cc1. The van der Waals surface area contributed by atoms with Gasteiger partial charge in [0, 0.05) is 6.04 Å². The highest BCUT2D eigenvalue weighted by molar-refractivity contribution is 5.68. The molecule has 1 unspecified atom stereocenters. The third kappa shape index (κ3) is 2.54. The summed E-state index contributed by atoms with van der Waals surface area (Å²) in [6.07, 6.45) is 0. The highest BCUT2D eigenvalue weighted by Gasteiger charge is 2.06. The van der Waals surface area contributed by atoms with Crippen molar-refractivity contribution in [3.63, 3.8) is 0 Å². The number of rotatable bonds is 3. The van der Waals surface area contributed by atoms with Crippen molar-refractivity contribution in [2.75, 3.05) is 7.11 Å². The molecule has 0 saturated heterocycles. The largest absolute Gasteiger partial charge is 0.497 e. The van der Waals surface area contributed by atoms with Gasteiger partial charge in [0.1, 0.15) is 5.75 Å². The van der Waals surface area contributed by atoms with Crippen LogP contribution in [-0.4, -0.2) is 7.11 Å². The Bertz CT molecular complexity index is 529. The van der Waals surface area contributed by atoms with Crippen LogP contribution in [-0.2, 0) is 0 Å². The number of hydrogen-bond donors (Lipinski definition) is 1. The van der Waals surface area contributed by atoms with Crippen LogP contribution in [0.25, 0.3) is 11.1 Å². The zero-order valence-electron chi connectivity index (χ0n) is 11.1. The predicted octanol–water partition coefficient (Wildman–Crippen LogP) is 3.69. The minimum Gasteiger partial charge on any atom is -0.497 e. The third-order valence-corrected chi connectivity index (χ3v) is 3.19. The summed E-state index contributed by atoms with van der Waals surface area (Å²) in [5, 5.41) is 0. The van der Waals surface area contributed by atoms with E-state index in [4.69, 9.17) is 10.5 Å². The molecule has 0 aromatic heterocycles. The van der Waals surface area contributed by atoms with Crippen molar-refractivity contribution in [1.82, 2.24) is 0 Å². The van der Waals surface area contributed by atoms with Crippen LogP contribution in [0.1, 0.15) is 24.1 Å². The Hall–Kier alpha value is -1.80. The molecular weight excluding hydrogens is 222 g/mol. The first-order valence-corrected chi connectivity index (χ1v) is 6.12. The smallest absolute Gasteiger partial charge is 0.118 e. The molecule has 2 aromatic rings. The van der Waals surface area contributed by atoms with Gasteiger partial charge in [-0.05, 0) is 54.3 Å². The normalized spacial score (nSPS) is 12.2. The summed E-state index contributed by atoms with van der Waals surface area (Å²) in [7, 11) is 1.68. The van der Waals surface area contributed by atoms with Gasteiger partial charge >= 0.3 is 0 Å². The standard InChI is InChI=1S/C16H19NO/c1-11-4-5-14(12(2)17)10-16(11)13-6-8-15(18-3)9-7-13/h4-10,12H,17H2,1-3H3. The van der Waals surface area contributed by atoms with Crippen LogP contribution >= 0.6 is 0 Å². The third-order valence-electron chi connectivity index (χ3n) is 3.19. The highest BCUT2D eigenvalue weighted by Crippen LogP contribution is 2.27. The summed E-state index contributed by atoms with van der Waals surface area (Å²) in [6.45, 7) is 4.12. The maximum absolute atomic E-state index is 5.94. The lowest BCUT2D eigenvalue weighted by molar-refractivity contribution is 0.415. The van der Waals surface area contributed by atoms with Crippen LogP contribution in [0.15, 0.2) is 42.5 Å². The van der Waals surface area contributed by atoms with E-state index in [0.29, 0.717) is 0 Å². The molecule has 0 heterocycles. The molecule has 2 aromatic carbocycles. The molecule has 2 rings (SSSR count). The van der Waals surface area contributed by atoms with E-state index in [-0.39, 0.29) is 6.04 Å². The number of methoxy groups -OCH3 is 1. The van der Waals surface area contributed by atoms with E-state index in [1.807, 2.05) is 19.1 Å².